The largest absolute Gasteiger partial charge is 0.397 e. The predicted molar refractivity (Wildman–Crippen MR) is 81.0 cm³/mol. The number of anilines is 1. The van der Waals surface area contributed by atoms with Crippen molar-refractivity contribution in [1.82, 2.24) is 0 Å². The predicted octanol–water partition coefficient (Wildman–Crippen LogP) is 3.71. The molecule has 1 aromatic carbocycles. The summed E-state index contributed by atoms with van der Waals surface area (Å²) in [6.45, 7) is 4.00. The fraction of sp³-hybridized carbons (Fsp3) is 0.600. The molecule has 2 N–H and O–H groups in total. The van der Waals surface area contributed by atoms with Gasteiger partial charge in [0.1, 0.15) is 0 Å². The summed E-state index contributed by atoms with van der Waals surface area (Å²) in [6, 6.07) is 5.19. The standard InChI is InChI=1S/C15H25NO2S/c1-3-4-5-6-7-8-12-19(17,18)14-11-9-10-13(2)15(14)16/h9-11H,3-8,12,16H2,1-2H3. The molecule has 0 atom stereocenters. The molecule has 19 heavy (non-hydrogen) atoms. The SMILES string of the molecule is CCCCCCCCS(=O)(=O)c1cccc(C)c1N. The van der Waals surface area contributed by atoms with Gasteiger partial charge < -0.3 is 5.73 Å². The van der Waals surface area contributed by atoms with Gasteiger partial charge in [0, 0.05) is 0 Å². The number of rotatable bonds is 8. The number of hydrogen-bond donors (Lipinski definition) is 1. The Balaban J connectivity index is 2.54. The fourth-order valence-electron chi connectivity index (χ4n) is 2.11. The highest BCUT2D eigenvalue weighted by Gasteiger charge is 2.17. The maximum Gasteiger partial charge on any atom is 0.180 e. The molecule has 0 spiro atoms. The first-order valence-corrected chi connectivity index (χ1v) is 8.72. The number of sulfone groups is 1. The molecule has 3 nitrogen and oxygen atoms in total. The highest BCUT2D eigenvalue weighted by atomic mass is 32.2. The van der Waals surface area contributed by atoms with Crippen LogP contribution < -0.4 is 5.73 Å². The average molecular weight is 283 g/mol. The Hall–Kier alpha value is -1.03. The summed E-state index contributed by atoms with van der Waals surface area (Å²) in [4.78, 5) is 0.293. The smallest absolute Gasteiger partial charge is 0.180 e. The van der Waals surface area contributed by atoms with Crippen molar-refractivity contribution < 1.29 is 8.42 Å². The van der Waals surface area contributed by atoms with Gasteiger partial charge in [-0.3, -0.25) is 0 Å². The third-order valence-corrected chi connectivity index (χ3v) is 5.24. The van der Waals surface area contributed by atoms with Crippen LogP contribution in [0.3, 0.4) is 0 Å². The van der Waals surface area contributed by atoms with Crippen LogP contribution in [0.4, 0.5) is 5.69 Å². The lowest BCUT2D eigenvalue weighted by molar-refractivity contribution is 0.584. The molecular formula is C15H25NO2S. The van der Waals surface area contributed by atoms with Crippen molar-refractivity contribution in [2.24, 2.45) is 0 Å². The van der Waals surface area contributed by atoms with Crippen LogP contribution in [-0.2, 0) is 9.84 Å². The first kappa shape index (κ1) is 16.0. The van der Waals surface area contributed by atoms with Gasteiger partial charge in [0.25, 0.3) is 0 Å². The molecule has 0 amide bonds. The van der Waals surface area contributed by atoms with E-state index in [0.29, 0.717) is 10.6 Å². The van der Waals surface area contributed by atoms with Crippen molar-refractivity contribution in [1.29, 1.82) is 0 Å². The van der Waals surface area contributed by atoms with Crippen LogP contribution in [0.15, 0.2) is 23.1 Å². The minimum atomic E-state index is -3.23. The molecule has 0 radical (unpaired) electrons. The van der Waals surface area contributed by atoms with E-state index in [9.17, 15) is 8.42 Å². The molecule has 0 heterocycles. The highest BCUT2D eigenvalue weighted by molar-refractivity contribution is 7.91. The summed E-state index contributed by atoms with van der Waals surface area (Å²) in [5.74, 6) is 0.201. The number of nitrogens with two attached hydrogens (primary N) is 1. The van der Waals surface area contributed by atoms with Crippen LogP contribution in [0.2, 0.25) is 0 Å². The normalized spacial score (nSPS) is 11.7. The Kier molecular flexibility index (Phi) is 6.35. The molecule has 0 aliphatic heterocycles. The molecule has 0 bridgehead atoms. The monoisotopic (exact) mass is 283 g/mol. The number of unbranched alkanes of at least 4 members (excludes halogenated alkanes) is 5. The molecule has 0 aliphatic rings. The van der Waals surface area contributed by atoms with Gasteiger partial charge in [0.15, 0.2) is 9.84 Å². The summed E-state index contributed by atoms with van der Waals surface area (Å²) in [6.07, 6.45) is 6.45. The molecular weight excluding hydrogens is 258 g/mol. The topological polar surface area (TPSA) is 60.2 Å². The van der Waals surface area contributed by atoms with Gasteiger partial charge in [0.05, 0.1) is 16.3 Å². The summed E-state index contributed by atoms with van der Waals surface area (Å²) < 4.78 is 24.4. The number of hydrogen-bond acceptors (Lipinski definition) is 3. The van der Waals surface area contributed by atoms with Crippen molar-refractivity contribution in [3.63, 3.8) is 0 Å². The zero-order valence-electron chi connectivity index (χ0n) is 12.0. The Morgan fingerprint density at radius 3 is 2.37 bits per heavy atom. The lowest BCUT2D eigenvalue weighted by Crippen LogP contribution is -2.10. The average Bonchev–Trinajstić information content (AvgIpc) is 2.36. The zero-order chi connectivity index (χ0) is 14.3. The second-order valence-electron chi connectivity index (χ2n) is 5.07. The summed E-state index contributed by atoms with van der Waals surface area (Å²) in [5, 5.41) is 0. The van der Waals surface area contributed by atoms with E-state index in [1.165, 1.54) is 19.3 Å². The fourth-order valence-corrected chi connectivity index (χ4v) is 3.69. The molecule has 1 rings (SSSR count). The second-order valence-corrected chi connectivity index (χ2v) is 7.15. The first-order chi connectivity index (χ1) is 8.99. The quantitative estimate of drug-likeness (QED) is 0.584. The Labute approximate surface area is 117 Å². The van der Waals surface area contributed by atoms with Crippen molar-refractivity contribution in [3.8, 4) is 0 Å². The van der Waals surface area contributed by atoms with E-state index >= 15 is 0 Å². The van der Waals surface area contributed by atoms with Gasteiger partial charge in [0.2, 0.25) is 0 Å². The Morgan fingerprint density at radius 2 is 1.68 bits per heavy atom. The lowest BCUT2D eigenvalue weighted by atomic mass is 10.1. The molecule has 0 unspecified atom stereocenters. The van der Waals surface area contributed by atoms with Gasteiger partial charge in [-0.05, 0) is 25.0 Å². The van der Waals surface area contributed by atoms with E-state index in [2.05, 4.69) is 6.92 Å². The molecule has 0 saturated heterocycles. The van der Waals surface area contributed by atoms with Crippen molar-refractivity contribution in [2.45, 2.75) is 57.3 Å². The number of benzene rings is 1. The zero-order valence-corrected chi connectivity index (χ0v) is 12.8. The number of aryl methyl sites for hydroxylation is 1. The van der Waals surface area contributed by atoms with Gasteiger partial charge in [-0.1, -0.05) is 51.2 Å². The molecule has 0 fully saturated rings. The van der Waals surface area contributed by atoms with Gasteiger partial charge in [-0.2, -0.15) is 0 Å². The van der Waals surface area contributed by atoms with Crippen LogP contribution in [0.1, 0.15) is 51.0 Å². The van der Waals surface area contributed by atoms with E-state index in [-0.39, 0.29) is 5.75 Å². The third-order valence-electron chi connectivity index (χ3n) is 3.39. The Morgan fingerprint density at radius 1 is 1.05 bits per heavy atom. The third kappa shape index (κ3) is 4.86. The van der Waals surface area contributed by atoms with Crippen molar-refractivity contribution in [3.05, 3.63) is 23.8 Å². The minimum absolute atomic E-state index is 0.201. The number of nitrogen functional groups attached to an aromatic ring is 1. The summed E-state index contributed by atoms with van der Waals surface area (Å²) in [5.41, 5.74) is 7.08. The maximum absolute atomic E-state index is 12.2. The Bertz CT molecular complexity index is 495. The summed E-state index contributed by atoms with van der Waals surface area (Å²) in [7, 11) is -3.23. The van der Waals surface area contributed by atoms with E-state index in [1.54, 1.807) is 12.1 Å². The van der Waals surface area contributed by atoms with Gasteiger partial charge >= 0.3 is 0 Å². The van der Waals surface area contributed by atoms with Crippen LogP contribution in [0.25, 0.3) is 0 Å². The van der Waals surface area contributed by atoms with Crippen molar-refractivity contribution >= 4 is 15.5 Å². The lowest BCUT2D eigenvalue weighted by Gasteiger charge is -2.09. The van der Waals surface area contributed by atoms with E-state index in [0.717, 1.165) is 24.8 Å². The second kappa shape index (κ2) is 7.53. The van der Waals surface area contributed by atoms with E-state index in [4.69, 9.17) is 5.73 Å². The van der Waals surface area contributed by atoms with Crippen molar-refractivity contribution in [2.75, 3.05) is 11.5 Å². The van der Waals surface area contributed by atoms with Crippen LogP contribution >= 0.6 is 0 Å². The highest BCUT2D eigenvalue weighted by Crippen LogP contribution is 2.23. The molecule has 0 aliphatic carbocycles. The molecule has 0 aromatic heterocycles. The van der Waals surface area contributed by atoms with E-state index in [1.807, 2.05) is 13.0 Å². The van der Waals surface area contributed by atoms with E-state index < -0.39 is 9.84 Å². The minimum Gasteiger partial charge on any atom is -0.397 e. The molecule has 4 heteroatoms. The van der Waals surface area contributed by atoms with Gasteiger partial charge in [-0.15, -0.1) is 0 Å². The van der Waals surface area contributed by atoms with Gasteiger partial charge in [-0.25, -0.2) is 8.42 Å². The molecule has 108 valence electrons. The molecule has 0 saturated carbocycles. The van der Waals surface area contributed by atoms with Crippen LogP contribution in [0, 0.1) is 6.92 Å². The van der Waals surface area contributed by atoms with Crippen LogP contribution in [0.5, 0.6) is 0 Å². The first-order valence-electron chi connectivity index (χ1n) is 7.07. The summed E-state index contributed by atoms with van der Waals surface area (Å²) >= 11 is 0. The van der Waals surface area contributed by atoms with Crippen LogP contribution in [-0.4, -0.2) is 14.2 Å². The number of para-hydroxylation sites is 1. The molecule has 1 aromatic rings. The maximum atomic E-state index is 12.2.